The molecular formula is C17H13BrINO. The highest BCUT2D eigenvalue weighted by Crippen LogP contribution is 2.16. The predicted molar refractivity (Wildman–Crippen MR) is 82.6 cm³/mol. The highest BCUT2D eigenvalue weighted by molar-refractivity contribution is 9.10. The van der Waals surface area contributed by atoms with Crippen molar-refractivity contribution in [3.8, 4) is 0 Å². The highest BCUT2D eigenvalue weighted by Gasteiger charge is 2.12. The third kappa shape index (κ3) is 3.89. The molecule has 106 valence electrons. The first-order chi connectivity index (χ1) is 9.72. The molecule has 0 spiro atoms. The molecule has 0 saturated carbocycles. The van der Waals surface area contributed by atoms with Gasteiger partial charge in [-0.05, 0) is 38.8 Å². The maximum atomic E-state index is 12.3. The first kappa shape index (κ1) is 16.1. The molecule has 0 aliphatic carbocycles. The van der Waals surface area contributed by atoms with Gasteiger partial charge in [0.2, 0.25) is 12.3 Å². The van der Waals surface area contributed by atoms with Gasteiger partial charge < -0.3 is 24.0 Å². The Kier molecular flexibility index (Phi) is 5.47. The van der Waals surface area contributed by atoms with E-state index in [1.165, 1.54) is 0 Å². The monoisotopic (exact) mass is 453 g/mol. The van der Waals surface area contributed by atoms with E-state index in [2.05, 4.69) is 15.9 Å². The Morgan fingerprint density at radius 3 is 2.52 bits per heavy atom. The van der Waals surface area contributed by atoms with Gasteiger partial charge >= 0.3 is 0 Å². The Hall–Kier alpha value is -1.27. The third-order valence-electron chi connectivity index (χ3n) is 3.22. The van der Waals surface area contributed by atoms with Crippen LogP contribution in [0.5, 0.6) is 0 Å². The largest absolute Gasteiger partial charge is 1.00 e. The average Bonchev–Trinajstić information content (AvgIpc) is 2.47. The number of rotatable bonds is 3. The predicted octanol–water partition coefficient (Wildman–Crippen LogP) is 0.777. The molecule has 4 heteroatoms. The summed E-state index contributed by atoms with van der Waals surface area (Å²) in [6, 6.07) is 17.8. The molecule has 0 aliphatic rings. The molecule has 0 saturated heterocycles. The number of ketones is 1. The van der Waals surface area contributed by atoms with E-state index in [0.29, 0.717) is 6.54 Å². The minimum absolute atomic E-state index is 0. The Morgan fingerprint density at radius 2 is 1.76 bits per heavy atom. The number of Topliss-reactive ketones (excluding diaryl/α,β-unsaturated/α-hetero) is 1. The number of carbonyl (C=O) groups excluding carboxylic acids is 1. The second-order valence-electron chi connectivity index (χ2n) is 4.68. The fraction of sp³-hybridized carbons (Fsp3) is 0.0588. The Bertz CT molecular complexity index is 788. The lowest BCUT2D eigenvalue weighted by Crippen LogP contribution is -3.00. The second-order valence-corrected chi connectivity index (χ2v) is 5.60. The molecule has 0 N–H and O–H groups in total. The molecule has 0 aliphatic heterocycles. The topological polar surface area (TPSA) is 20.9 Å². The summed E-state index contributed by atoms with van der Waals surface area (Å²) in [5.74, 6) is 0.110. The van der Waals surface area contributed by atoms with Crippen molar-refractivity contribution in [3.05, 3.63) is 77.0 Å². The summed E-state index contributed by atoms with van der Waals surface area (Å²) in [7, 11) is 0. The van der Waals surface area contributed by atoms with Crippen LogP contribution in [0.1, 0.15) is 10.4 Å². The molecule has 0 bridgehead atoms. The van der Waals surface area contributed by atoms with Crippen LogP contribution in [0.25, 0.3) is 10.8 Å². The molecule has 3 aromatic rings. The molecule has 0 radical (unpaired) electrons. The Labute approximate surface area is 149 Å². The van der Waals surface area contributed by atoms with Crippen LogP contribution in [0.3, 0.4) is 0 Å². The number of aromatic nitrogens is 1. The van der Waals surface area contributed by atoms with Gasteiger partial charge in [0, 0.05) is 11.6 Å². The molecule has 0 unspecified atom stereocenters. The van der Waals surface area contributed by atoms with Gasteiger partial charge in [0.1, 0.15) is 0 Å². The van der Waals surface area contributed by atoms with Crippen LogP contribution in [0.4, 0.5) is 0 Å². The zero-order chi connectivity index (χ0) is 13.9. The van der Waals surface area contributed by atoms with Gasteiger partial charge in [-0.1, -0.05) is 36.4 Å². The smallest absolute Gasteiger partial charge is 0.227 e. The van der Waals surface area contributed by atoms with E-state index in [0.717, 1.165) is 20.8 Å². The van der Waals surface area contributed by atoms with Crippen molar-refractivity contribution in [1.29, 1.82) is 0 Å². The summed E-state index contributed by atoms with van der Waals surface area (Å²) in [5.41, 5.74) is 0.746. The number of halogens is 2. The summed E-state index contributed by atoms with van der Waals surface area (Å²) in [5, 5.41) is 2.25. The average molecular weight is 454 g/mol. The van der Waals surface area contributed by atoms with E-state index in [-0.39, 0.29) is 29.8 Å². The van der Waals surface area contributed by atoms with Crippen LogP contribution in [-0.2, 0) is 6.54 Å². The number of pyridine rings is 1. The van der Waals surface area contributed by atoms with Crippen molar-refractivity contribution in [2.75, 3.05) is 0 Å². The van der Waals surface area contributed by atoms with E-state index < -0.39 is 0 Å². The summed E-state index contributed by atoms with van der Waals surface area (Å²) in [6.45, 7) is 0.345. The van der Waals surface area contributed by atoms with Crippen molar-refractivity contribution in [3.63, 3.8) is 0 Å². The molecule has 0 amide bonds. The lowest BCUT2D eigenvalue weighted by Gasteiger charge is -2.01. The minimum Gasteiger partial charge on any atom is -1.00 e. The normalized spacial score (nSPS) is 10.1. The summed E-state index contributed by atoms with van der Waals surface area (Å²) >= 11 is 3.41. The standard InChI is InChI=1S/C17H13BrNO.HI/c18-16-6-3-9-19(11-16)12-17(20)15-8-7-13-4-1-2-5-14(13)10-15;/h1-11H,12H2;1H/q+1;/p-1. The van der Waals surface area contributed by atoms with Crippen molar-refractivity contribution >= 4 is 32.5 Å². The minimum atomic E-state index is 0. The van der Waals surface area contributed by atoms with Crippen LogP contribution < -0.4 is 28.5 Å². The van der Waals surface area contributed by atoms with Crippen molar-refractivity contribution in [1.82, 2.24) is 0 Å². The van der Waals surface area contributed by atoms with Crippen LogP contribution in [-0.4, -0.2) is 5.78 Å². The second kappa shape index (κ2) is 7.13. The number of carbonyl (C=O) groups is 1. The molecular weight excluding hydrogens is 441 g/mol. The van der Waals surface area contributed by atoms with E-state index >= 15 is 0 Å². The van der Waals surface area contributed by atoms with Gasteiger partial charge in [-0.2, -0.15) is 4.57 Å². The zero-order valence-corrected chi connectivity index (χ0v) is 14.9. The molecule has 0 atom stereocenters. The Morgan fingerprint density at radius 1 is 1.00 bits per heavy atom. The summed E-state index contributed by atoms with van der Waals surface area (Å²) in [6.07, 6.45) is 3.79. The number of hydrogen-bond acceptors (Lipinski definition) is 1. The number of hydrogen-bond donors (Lipinski definition) is 0. The molecule has 21 heavy (non-hydrogen) atoms. The van der Waals surface area contributed by atoms with Gasteiger partial charge in [0.15, 0.2) is 12.4 Å². The fourth-order valence-electron chi connectivity index (χ4n) is 2.21. The number of nitrogens with zero attached hydrogens (tertiary/aromatic N) is 1. The van der Waals surface area contributed by atoms with E-state index in [9.17, 15) is 4.79 Å². The van der Waals surface area contributed by atoms with Gasteiger partial charge in [0.25, 0.3) is 0 Å². The van der Waals surface area contributed by atoms with Gasteiger partial charge in [-0.15, -0.1) is 0 Å². The van der Waals surface area contributed by atoms with Crippen LogP contribution in [0, 0.1) is 0 Å². The van der Waals surface area contributed by atoms with Crippen LogP contribution in [0.2, 0.25) is 0 Å². The van der Waals surface area contributed by atoms with E-state index in [1.807, 2.05) is 71.6 Å². The lowest BCUT2D eigenvalue weighted by atomic mass is 10.0. The van der Waals surface area contributed by atoms with Crippen LogP contribution >= 0.6 is 15.9 Å². The lowest BCUT2D eigenvalue weighted by molar-refractivity contribution is -0.683. The third-order valence-corrected chi connectivity index (χ3v) is 3.69. The Balaban J connectivity index is 0.00000161. The molecule has 2 nitrogen and oxygen atoms in total. The van der Waals surface area contributed by atoms with Gasteiger partial charge in [0.05, 0.1) is 4.47 Å². The quantitative estimate of drug-likeness (QED) is 0.326. The number of benzene rings is 2. The molecule has 3 rings (SSSR count). The van der Waals surface area contributed by atoms with Crippen molar-refractivity contribution in [2.24, 2.45) is 0 Å². The van der Waals surface area contributed by atoms with Gasteiger partial charge in [-0.25, -0.2) is 0 Å². The molecule has 2 aromatic carbocycles. The maximum absolute atomic E-state index is 12.3. The zero-order valence-electron chi connectivity index (χ0n) is 11.2. The summed E-state index contributed by atoms with van der Waals surface area (Å²) < 4.78 is 2.84. The first-order valence-corrected chi connectivity index (χ1v) is 7.18. The first-order valence-electron chi connectivity index (χ1n) is 6.39. The highest BCUT2D eigenvalue weighted by atomic mass is 127. The van der Waals surface area contributed by atoms with E-state index in [4.69, 9.17) is 0 Å². The molecule has 1 heterocycles. The maximum Gasteiger partial charge on any atom is 0.227 e. The molecule has 0 fully saturated rings. The van der Waals surface area contributed by atoms with Gasteiger partial charge in [-0.3, -0.25) is 4.79 Å². The van der Waals surface area contributed by atoms with Crippen LogP contribution in [0.15, 0.2) is 71.5 Å². The van der Waals surface area contributed by atoms with E-state index in [1.54, 1.807) is 0 Å². The fourth-order valence-corrected chi connectivity index (χ4v) is 2.62. The molecule has 1 aromatic heterocycles. The van der Waals surface area contributed by atoms with Crippen molar-refractivity contribution in [2.45, 2.75) is 6.54 Å². The number of fused-ring (bicyclic) bond motifs is 1. The summed E-state index contributed by atoms with van der Waals surface area (Å²) in [4.78, 5) is 12.3. The SMILES string of the molecule is O=C(C[n+]1cccc(Br)c1)c1ccc2ccccc2c1.[I-]. The van der Waals surface area contributed by atoms with Crippen molar-refractivity contribution < 1.29 is 33.3 Å².